The molecule has 2 aromatic heterocycles. The van der Waals surface area contributed by atoms with Crippen LogP contribution in [0.4, 0.5) is 9.52 Å². The number of nitrogens with one attached hydrogen (secondary N) is 2. The molecule has 0 radical (unpaired) electrons. The van der Waals surface area contributed by atoms with Gasteiger partial charge in [-0.05, 0) is 24.3 Å². The van der Waals surface area contributed by atoms with E-state index in [0.29, 0.717) is 27.5 Å². The van der Waals surface area contributed by atoms with Gasteiger partial charge in [-0.2, -0.15) is 0 Å². The molecule has 35 heavy (non-hydrogen) atoms. The number of thioether (sulfide) groups is 1. The summed E-state index contributed by atoms with van der Waals surface area (Å²) in [6.07, 6.45) is 1.60. The number of anilines is 1. The van der Waals surface area contributed by atoms with Crippen LogP contribution in [-0.4, -0.2) is 44.4 Å². The van der Waals surface area contributed by atoms with E-state index in [2.05, 4.69) is 25.8 Å². The van der Waals surface area contributed by atoms with Crippen LogP contribution in [0.1, 0.15) is 16.2 Å². The van der Waals surface area contributed by atoms with Crippen LogP contribution in [0.25, 0.3) is 5.69 Å². The quantitative estimate of drug-likeness (QED) is 0.311. The number of carbonyl (C=O) groups excluding carboxylic acids is 2. The van der Waals surface area contributed by atoms with Crippen LogP contribution in [0.5, 0.6) is 5.75 Å². The molecule has 0 fully saturated rings. The number of hydrogen-bond acceptors (Lipinski definition) is 8. The van der Waals surface area contributed by atoms with Crippen molar-refractivity contribution in [2.24, 2.45) is 0 Å². The predicted octanol–water partition coefficient (Wildman–Crippen LogP) is 4.19. The van der Waals surface area contributed by atoms with E-state index in [1.165, 1.54) is 30.6 Å². The van der Waals surface area contributed by atoms with E-state index in [1.54, 1.807) is 28.3 Å². The number of amides is 2. The van der Waals surface area contributed by atoms with Gasteiger partial charge in [0.15, 0.2) is 16.1 Å². The summed E-state index contributed by atoms with van der Waals surface area (Å²) in [5, 5.41) is 16.4. The van der Waals surface area contributed by atoms with Crippen LogP contribution in [-0.2, 0) is 11.3 Å². The molecule has 4 rings (SSSR count). The highest BCUT2D eigenvalue weighted by Gasteiger charge is 2.21. The molecule has 0 aliphatic carbocycles. The fourth-order valence-corrected chi connectivity index (χ4v) is 4.66. The maximum absolute atomic E-state index is 14.1. The number of rotatable bonds is 9. The highest BCUT2D eigenvalue weighted by Crippen LogP contribution is 2.29. The number of halogens is 2. The van der Waals surface area contributed by atoms with Crippen molar-refractivity contribution in [1.82, 2.24) is 25.1 Å². The number of nitrogens with zero attached hydrogens (tertiary/aromatic N) is 4. The largest absolute Gasteiger partial charge is 0.495 e. The lowest BCUT2D eigenvalue weighted by molar-refractivity contribution is -0.113. The highest BCUT2D eigenvalue weighted by atomic mass is 35.5. The summed E-state index contributed by atoms with van der Waals surface area (Å²) in [4.78, 5) is 29.0. The maximum Gasteiger partial charge on any atom is 0.256 e. The second-order valence-corrected chi connectivity index (χ2v) is 9.10. The first-order valence-electron chi connectivity index (χ1n) is 10.1. The second-order valence-electron chi connectivity index (χ2n) is 6.86. The van der Waals surface area contributed by atoms with Gasteiger partial charge in [-0.15, -0.1) is 21.5 Å². The first kappa shape index (κ1) is 24.6. The van der Waals surface area contributed by atoms with Gasteiger partial charge < -0.3 is 15.4 Å². The van der Waals surface area contributed by atoms with Gasteiger partial charge >= 0.3 is 0 Å². The fourth-order valence-electron chi connectivity index (χ4n) is 3.10. The van der Waals surface area contributed by atoms with Crippen molar-refractivity contribution in [3.63, 3.8) is 0 Å². The standard InChI is InChI=1S/C22H18ClFN6O3S2/c1-33-16-8-3-2-7-15(16)30-17(11-26-20(32)19-13(23)5-4-6-14(19)24)28-29-22(30)35-12-18(31)27-21-25-9-10-34-21/h2-10H,11-12H2,1H3,(H,26,32)(H,25,27,31). The minimum atomic E-state index is -0.733. The third-order valence-corrected chi connectivity index (χ3v) is 6.57. The van der Waals surface area contributed by atoms with Crippen LogP contribution >= 0.6 is 34.7 Å². The topological polar surface area (TPSA) is 111 Å². The molecule has 0 unspecified atom stereocenters. The molecule has 180 valence electrons. The van der Waals surface area contributed by atoms with E-state index in [-0.39, 0.29) is 28.8 Å². The van der Waals surface area contributed by atoms with Crippen molar-refractivity contribution in [3.05, 3.63) is 76.3 Å². The van der Waals surface area contributed by atoms with Gasteiger partial charge in [-0.25, -0.2) is 9.37 Å². The van der Waals surface area contributed by atoms with Crippen LogP contribution < -0.4 is 15.4 Å². The van der Waals surface area contributed by atoms with Crippen molar-refractivity contribution >= 4 is 51.6 Å². The molecule has 0 saturated carbocycles. The molecule has 2 N–H and O–H groups in total. The monoisotopic (exact) mass is 532 g/mol. The van der Waals surface area contributed by atoms with Gasteiger partial charge in [0.1, 0.15) is 11.6 Å². The van der Waals surface area contributed by atoms with E-state index in [1.807, 2.05) is 12.1 Å². The van der Waals surface area contributed by atoms with Gasteiger partial charge in [-0.3, -0.25) is 14.2 Å². The summed E-state index contributed by atoms with van der Waals surface area (Å²) in [6.45, 7) is -0.0829. The van der Waals surface area contributed by atoms with Crippen LogP contribution in [0, 0.1) is 5.82 Å². The molecule has 4 aromatic rings. The molecule has 0 spiro atoms. The predicted molar refractivity (Wildman–Crippen MR) is 132 cm³/mol. The van der Waals surface area contributed by atoms with E-state index in [9.17, 15) is 14.0 Å². The third-order valence-electron chi connectivity index (χ3n) is 4.63. The number of carbonyl (C=O) groups is 2. The van der Waals surface area contributed by atoms with Gasteiger partial charge in [-0.1, -0.05) is 41.6 Å². The van der Waals surface area contributed by atoms with Crippen molar-refractivity contribution in [1.29, 1.82) is 0 Å². The van der Waals surface area contributed by atoms with Gasteiger partial charge in [0.05, 0.1) is 35.7 Å². The Hall–Kier alpha value is -3.48. The van der Waals surface area contributed by atoms with E-state index in [4.69, 9.17) is 16.3 Å². The minimum Gasteiger partial charge on any atom is -0.495 e. The van der Waals surface area contributed by atoms with Crippen molar-refractivity contribution < 1.29 is 18.7 Å². The summed E-state index contributed by atoms with van der Waals surface area (Å²) >= 11 is 8.47. The Morgan fingerprint density at radius 2 is 2.03 bits per heavy atom. The lowest BCUT2D eigenvalue weighted by atomic mass is 10.2. The first-order chi connectivity index (χ1) is 17.0. The molecule has 9 nitrogen and oxygen atoms in total. The van der Waals surface area contributed by atoms with Crippen molar-refractivity contribution in [2.45, 2.75) is 11.7 Å². The molecule has 0 atom stereocenters. The lowest BCUT2D eigenvalue weighted by Crippen LogP contribution is -2.26. The molecule has 0 bridgehead atoms. The number of benzene rings is 2. The molecule has 2 heterocycles. The van der Waals surface area contributed by atoms with E-state index >= 15 is 0 Å². The number of methoxy groups -OCH3 is 1. The van der Waals surface area contributed by atoms with Gasteiger partial charge in [0, 0.05) is 11.6 Å². The Balaban J connectivity index is 1.57. The normalized spacial score (nSPS) is 10.7. The number of thiazole rings is 1. The summed E-state index contributed by atoms with van der Waals surface area (Å²) in [5.74, 6) is -0.763. The van der Waals surface area contributed by atoms with Crippen LogP contribution in [0.2, 0.25) is 5.02 Å². The molecule has 2 aromatic carbocycles. The molecular formula is C22H18ClFN6O3S2. The molecule has 2 amide bonds. The zero-order chi connectivity index (χ0) is 24.8. The molecule has 0 saturated heterocycles. The average Bonchev–Trinajstić information content (AvgIpc) is 3.51. The Morgan fingerprint density at radius 3 is 2.77 bits per heavy atom. The highest BCUT2D eigenvalue weighted by molar-refractivity contribution is 7.99. The third kappa shape index (κ3) is 5.78. The lowest BCUT2D eigenvalue weighted by Gasteiger charge is -2.14. The zero-order valence-electron chi connectivity index (χ0n) is 18.2. The average molecular weight is 533 g/mol. The molecule has 0 aliphatic rings. The SMILES string of the molecule is COc1ccccc1-n1c(CNC(=O)c2c(F)cccc2Cl)nnc1SCC(=O)Nc1nccs1. The summed E-state index contributed by atoms with van der Waals surface area (Å²) in [7, 11) is 1.53. The number of para-hydroxylation sites is 2. The maximum atomic E-state index is 14.1. The zero-order valence-corrected chi connectivity index (χ0v) is 20.6. The molecule has 13 heteroatoms. The van der Waals surface area contributed by atoms with Crippen molar-refractivity contribution in [3.8, 4) is 11.4 Å². The number of aromatic nitrogens is 4. The Bertz CT molecular complexity index is 1330. The fraction of sp³-hybridized carbons (Fsp3) is 0.136. The summed E-state index contributed by atoms with van der Waals surface area (Å²) in [5.41, 5.74) is 0.349. The van der Waals surface area contributed by atoms with Crippen molar-refractivity contribution in [2.75, 3.05) is 18.2 Å². The summed E-state index contributed by atoms with van der Waals surface area (Å²) in [6, 6.07) is 11.2. The molecule has 0 aliphatic heterocycles. The first-order valence-corrected chi connectivity index (χ1v) is 12.3. The van der Waals surface area contributed by atoms with Gasteiger partial charge in [0.2, 0.25) is 5.91 Å². The number of ether oxygens (including phenoxy) is 1. The number of hydrogen-bond donors (Lipinski definition) is 2. The van der Waals surface area contributed by atoms with Crippen LogP contribution in [0.15, 0.2) is 59.2 Å². The Morgan fingerprint density at radius 1 is 1.20 bits per heavy atom. The van der Waals surface area contributed by atoms with E-state index in [0.717, 1.165) is 17.8 Å². The van der Waals surface area contributed by atoms with Gasteiger partial charge in [0.25, 0.3) is 5.91 Å². The second kappa shape index (κ2) is 11.3. The smallest absolute Gasteiger partial charge is 0.256 e. The van der Waals surface area contributed by atoms with E-state index < -0.39 is 11.7 Å². The molecular weight excluding hydrogens is 515 g/mol. The Kier molecular flexibility index (Phi) is 7.95. The minimum absolute atomic E-state index is 0.00353. The Labute approximate surface area is 212 Å². The summed E-state index contributed by atoms with van der Waals surface area (Å²) < 4.78 is 21.3. The van der Waals surface area contributed by atoms with Crippen LogP contribution in [0.3, 0.4) is 0 Å².